The minimum Gasteiger partial charge on any atom is -0.424 e. The molecule has 2 amide bonds. The van der Waals surface area contributed by atoms with Crippen LogP contribution in [-0.4, -0.2) is 59.4 Å². The summed E-state index contributed by atoms with van der Waals surface area (Å²) in [5.41, 5.74) is 2.49. The van der Waals surface area contributed by atoms with Gasteiger partial charge in [-0.2, -0.15) is 5.10 Å². The zero-order chi connectivity index (χ0) is 28.4. The fourth-order valence-electron chi connectivity index (χ4n) is 3.76. The second-order valence-corrected chi connectivity index (χ2v) is 10.9. The minimum absolute atomic E-state index is 0.0384. The number of anilines is 3. The molecule has 5 aromatic rings. The summed E-state index contributed by atoms with van der Waals surface area (Å²) in [5.74, 6) is 0.601. The van der Waals surface area contributed by atoms with Crippen LogP contribution in [0.1, 0.15) is 0 Å². The van der Waals surface area contributed by atoms with Gasteiger partial charge in [-0.25, -0.2) is 37.1 Å². The van der Waals surface area contributed by atoms with E-state index in [1.165, 1.54) is 12.4 Å². The van der Waals surface area contributed by atoms with Crippen molar-refractivity contribution in [3.63, 3.8) is 0 Å². The number of ether oxygens (including phenoxy) is 1. The SMILES string of the molecule is CN(C)c1ccn2ncc(-c3ccc(Oc4ncc(NC(=O)Nc5cc(F)ccc5S(C)(=O)=O)cn4)cc3)c2n1. The van der Waals surface area contributed by atoms with Gasteiger partial charge in [0.05, 0.1) is 34.9 Å². The van der Waals surface area contributed by atoms with Crippen molar-refractivity contribution in [2.24, 2.45) is 0 Å². The number of aromatic nitrogens is 5. The minimum atomic E-state index is -3.69. The molecule has 3 aromatic heterocycles. The molecule has 12 nitrogen and oxygen atoms in total. The Kier molecular flexibility index (Phi) is 7.00. The summed E-state index contributed by atoms with van der Waals surface area (Å²) >= 11 is 0. The Labute approximate surface area is 228 Å². The second kappa shape index (κ2) is 10.6. The Hall–Kier alpha value is -5.11. The van der Waals surface area contributed by atoms with Crippen molar-refractivity contribution in [2.45, 2.75) is 4.90 Å². The van der Waals surface area contributed by atoms with Crippen LogP contribution < -0.4 is 20.3 Å². The molecule has 0 atom stereocenters. The van der Waals surface area contributed by atoms with Gasteiger partial charge < -0.3 is 20.3 Å². The highest BCUT2D eigenvalue weighted by Crippen LogP contribution is 2.28. The van der Waals surface area contributed by atoms with Gasteiger partial charge in [0.1, 0.15) is 17.4 Å². The number of urea groups is 1. The molecule has 0 unspecified atom stereocenters. The molecule has 0 fully saturated rings. The van der Waals surface area contributed by atoms with Crippen LogP contribution in [0.3, 0.4) is 0 Å². The molecule has 0 aliphatic carbocycles. The Morgan fingerprint density at radius 2 is 1.73 bits per heavy atom. The van der Waals surface area contributed by atoms with E-state index in [4.69, 9.17) is 4.74 Å². The summed E-state index contributed by atoms with van der Waals surface area (Å²) in [4.78, 5) is 26.9. The zero-order valence-electron chi connectivity index (χ0n) is 21.5. The molecule has 40 heavy (non-hydrogen) atoms. The van der Waals surface area contributed by atoms with Gasteiger partial charge in [-0.3, -0.25) is 0 Å². The molecule has 204 valence electrons. The van der Waals surface area contributed by atoms with Crippen molar-refractivity contribution in [1.29, 1.82) is 0 Å². The number of halogens is 1. The van der Waals surface area contributed by atoms with Crippen LogP contribution in [0.15, 0.2) is 78.2 Å². The maximum Gasteiger partial charge on any atom is 0.323 e. The standard InChI is InChI=1S/C26H23FN8O4S/c1-34(2)23-10-11-35-24(33-23)20(15-30-35)16-4-7-19(8-5-16)39-26-28-13-18(14-29-26)31-25(36)32-21-12-17(27)6-9-22(21)40(3,37)38/h4-15H,1-3H3,(H2,31,32,36). The monoisotopic (exact) mass is 562 g/mol. The van der Waals surface area contributed by atoms with Gasteiger partial charge >= 0.3 is 12.0 Å². The summed E-state index contributed by atoms with van der Waals surface area (Å²) in [6.45, 7) is 0. The Balaban J connectivity index is 1.24. The van der Waals surface area contributed by atoms with E-state index in [1.807, 2.05) is 43.4 Å². The van der Waals surface area contributed by atoms with Gasteiger partial charge in [-0.15, -0.1) is 0 Å². The van der Waals surface area contributed by atoms with Crippen LogP contribution in [-0.2, 0) is 9.84 Å². The lowest BCUT2D eigenvalue weighted by atomic mass is 10.1. The second-order valence-electron chi connectivity index (χ2n) is 8.88. The van der Waals surface area contributed by atoms with E-state index in [2.05, 4.69) is 30.7 Å². The van der Waals surface area contributed by atoms with Gasteiger partial charge in [0.25, 0.3) is 0 Å². The van der Waals surface area contributed by atoms with Gasteiger partial charge in [0.15, 0.2) is 15.5 Å². The number of sulfone groups is 1. The predicted octanol–water partition coefficient (Wildman–Crippen LogP) is 4.23. The van der Waals surface area contributed by atoms with Crippen LogP contribution in [0.5, 0.6) is 11.8 Å². The Bertz CT molecular complexity index is 1810. The van der Waals surface area contributed by atoms with E-state index in [-0.39, 0.29) is 22.3 Å². The lowest BCUT2D eigenvalue weighted by Crippen LogP contribution is -2.21. The third-order valence-corrected chi connectivity index (χ3v) is 6.82. The number of carbonyl (C=O) groups is 1. The average molecular weight is 563 g/mol. The molecule has 0 aliphatic heterocycles. The van der Waals surface area contributed by atoms with Crippen molar-refractivity contribution in [3.8, 4) is 22.9 Å². The van der Waals surface area contributed by atoms with Gasteiger partial charge in [0, 0.05) is 32.1 Å². The number of fused-ring (bicyclic) bond motifs is 1. The first-order valence-corrected chi connectivity index (χ1v) is 13.7. The molecule has 2 aromatic carbocycles. The van der Waals surface area contributed by atoms with E-state index < -0.39 is 21.7 Å². The van der Waals surface area contributed by atoms with Gasteiger partial charge in [-0.05, 0) is 42.0 Å². The molecule has 0 radical (unpaired) electrons. The quantitative estimate of drug-likeness (QED) is 0.279. The Morgan fingerprint density at radius 1 is 1.00 bits per heavy atom. The predicted molar refractivity (Wildman–Crippen MR) is 147 cm³/mol. The summed E-state index contributed by atoms with van der Waals surface area (Å²) in [6.07, 6.45) is 7.19. The zero-order valence-corrected chi connectivity index (χ0v) is 22.3. The topological polar surface area (TPSA) is 144 Å². The Morgan fingerprint density at radius 3 is 2.40 bits per heavy atom. The number of nitrogens with zero attached hydrogens (tertiary/aromatic N) is 6. The van der Waals surface area contributed by atoms with Crippen LogP contribution in [0.25, 0.3) is 16.8 Å². The number of rotatable bonds is 7. The molecule has 0 saturated heterocycles. The normalized spacial score (nSPS) is 11.3. The third-order valence-electron chi connectivity index (χ3n) is 5.66. The lowest BCUT2D eigenvalue weighted by Gasteiger charge is -2.11. The van der Waals surface area contributed by atoms with Gasteiger partial charge in [0.2, 0.25) is 0 Å². The van der Waals surface area contributed by atoms with Crippen LogP contribution in [0.4, 0.5) is 26.4 Å². The highest BCUT2D eigenvalue weighted by molar-refractivity contribution is 7.90. The van der Waals surface area contributed by atoms with Gasteiger partial charge in [-0.1, -0.05) is 12.1 Å². The number of amides is 2. The highest BCUT2D eigenvalue weighted by Gasteiger charge is 2.17. The number of benzene rings is 2. The maximum atomic E-state index is 13.6. The number of hydrogen-bond donors (Lipinski definition) is 2. The summed E-state index contributed by atoms with van der Waals surface area (Å²) in [7, 11) is 0.147. The fourth-order valence-corrected chi connectivity index (χ4v) is 4.59. The number of hydrogen-bond acceptors (Lipinski definition) is 9. The van der Waals surface area contributed by atoms with Crippen molar-refractivity contribution in [2.75, 3.05) is 35.9 Å². The van der Waals surface area contributed by atoms with Crippen molar-refractivity contribution in [1.82, 2.24) is 24.6 Å². The van der Waals surface area contributed by atoms with Crippen LogP contribution in [0.2, 0.25) is 0 Å². The molecule has 0 saturated carbocycles. The largest absolute Gasteiger partial charge is 0.424 e. The smallest absolute Gasteiger partial charge is 0.323 e. The molecule has 5 rings (SSSR count). The molecule has 0 aliphatic rings. The molecule has 3 heterocycles. The number of carbonyl (C=O) groups excluding carboxylic acids is 1. The van der Waals surface area contributed by atoms with E-state index in [0.29, 0.717) is 5.75 Å². The van der Waals surface area contributed by atoms with Crippen LogP contribution >= 0.6 is 0 Å². The van der Waals surface area contributed by atoms with E-state index in [9.17, 15) is 17.6 Å². The highest BCUT2D eigenvalue weighted by atomic mass is 32.2. The van der Waals surface area contributed by atoms with E-state index >= 15 is 0 Å². The maximum absolute atomic E-state index is 13.6. The van der Waals surface area contributed by atoms with E-state index in [1.54, 1.807) is 22.8 Å². The number of nitrogens with one attached hydrogen (secondary N) is 2. The first-order valence-electron chi connectivity index (χ1n) is 11.8. The van der Waals surface area contributed by atoms with E-state index in [0.717, 1.165) is 47.0 Å². The molecule has 0 spiro atoms. The van der Waals surface area contributed by atoms with Crippen molar-refractivity contribution < 1.29 is 22.3 Å². The lowest BCUT2D eigenvalue weighted by molar-refractivity contribution is 0.262. The van der Waals surface area contributed by atoms with Crippen molar-refractivity contribution >= 4 is 38.7 Å². The van der Waals surface area contributed by atoms with Crippen molar-refractivity contribution in [3.05, 3.63) is 79.1 Å². The molecular weight excluding hydrogens is 539 g/mol. The molecular formula is C26H23FN8O4S. The first kappa shape index (κ1) is 26.5. The summed E-state index contributed by atoms with van der Waals surface area (Å²) in [6, 6.07) is 11.4. The van der Waals surface area contributed by atoms with Crippen LogP contribution in [0, 0.1) is 5.82 Å². The summed E-state index contributed by atoms with van der Waals surface area (Å²) in [5, 5.41) is 9.15. The third kappa shape index (κ3) is 5.81. The molecule has 14 heteroatoms. The fraction of sp³-hybridized carbons (Fsp3) is 0.115. The summed E-state index contributed by atoms with van der Waals surface area (Å²) < 4.78 is 44.9. The first-order chi connectivity index (χ1) is 19.1. The molecule has 0 bridgehead atoms. The average Bonchev–Trinajstić information content (AvgIpc) is 3.33. The molecule has 2 N–H and O–H groups in total.